The molecule has 23 heavy (non-hydrogen) atoms. The van der Waals surface area contributed by atoms with Gasteiger partial charge in [0.25, 0.3) is 5.91 Å². The smallest absolute Gasteiger partial charge is 0.328 e. The van der Waals surface area contributed by atoms with Crippen LogP contribution in [0.15, 0.2) is 22.8 Å². The van der Waals surface area contributed by atoms with Crippen LogP contribution in [0.5, 0.6) is 0 Å². The Kier molecular flexibility index (Phi) is 5.75. The number of carbonyl (C=O) groups is 3. The molecule has 2 unspecified atom stereocenters. The van der Waals surface area contributed by atoms with E-state index in [1.54, 1.807) is 6.07 Å². The van der Waals surface area contributed by atoms with Crippen LogP contribution >= 0.6 is 0 Å². The van der Waals surface area contributed by atoms with Crippen LogP contribution in [-0.2, 0) is 14.3 Å². The van der Waals surface area contributed by atoms with Gasteiger partial charge in [0.05, 0.1) is 12.9 Å². The van der Waals surface area contributed by atoms with Gasteiger partial charge in [0, 0.05) is 13.7 Å². The molecule has 2 atom stereocenters. The summed E-state index contributed by atoms with van der Waals surface area (Å²) in [5, 5.41) is 11.5. The third-order valence-corrected chi connectivity index (χ3v) is 3.75. The lowest BCUT2D eigenvalue weighted by Gasteiger charge is -2.34. The summed E-state index contributed by atoms with van der Waals surface area (Å²) in [4.78, 5) is 37.4. The number of carboxylic acids is 1. The molecule has 8 heteroatoms. The maximum Gasteiger partial charge on any atom is 0.328 e. The maximum atomic E-state index is 12.4. The molecular weight excluding hydrogens is 304 g/mol. The Bertz CT molecular complexity index is 556. The Labute approximate surface area is 133 Å². The summed E-state index contributed by atoms with van der Waals surface area (Å²) in [7, 11) is 1.36. The number of hydrogen-bond acceptors (Lipinski definition) is 5. The van der Waals surface area contributed by atoms with Crippen LogP contribution in [0.1, 0.15) is 29.8 Å². The van der Waals surface area contributed by atoms with Gasteiger partial charge in [-0.2, -0.15) is 0 Å². The van der Waals surface area contributed by atoms with Crippen molar-refractivity contribution in [3.05, 3.63) is 24.2 Å². The van der Waals surface area contributed by atoms with E-state index in [1.165, 1.54) is 24.3 Å². The van der Waals surface area contributed by atoms with E-state index in [0.717, 1.165) is 12.8 Å². The molecule has 1 saturated heterocycles. The number of likely N-dealkylation sites (tertiary alicyclic amines) is 1. The predicted octanol–water partition coefficient (Wildman–Crippen LogP) is 0.490. The molecule has 0 spiro atoms. The second kappa shape index (κ2) is 7.77. The van der Waals surface area contributed by atoms with Crippen molar-refractivity contribution in [2.75, 3.05) is 20.3 Å². The average Bonchev–Trinajstić information content (AvgIpc) is 3.08. The van der Waals surface area contributed by atoms with Crippen molar-refractivity contribution in [1.29, 1.82) is 0 Å². The number of nitrogens with zero attached hydrogens (tertiary/aromatic N) is 1. The van der Waals surface area contributed by atoms with Gasteiger partial charge in [-0.25, -0.2) is 4.79 Å². The number of furan rings is 1. The highest BCUT2D eigenvalue weighted by Crippen LogP contribution is 2.20. The minimum Gasteiger partial charge on any atom is -0.480 e. The van der Waals surface area contributed by atoms with Crippen molar-refractivity contribution in [3.8, 4) is 0 Å². The van der Waals surface area contributed by atoms with Crippen molar-refractivity contribution < 1.29 is 28.6 Å². The molecule has 0 saturated carbocycles. The Morgan fingerprint density at radius 2 is 2.26 bits per heavy atom. The number of amides is 2. The second-order valence-corrected chi connectivity index (χ2v) is 5.34. The molecule has 1 aromatic rings. The summed E-state index contributed by atoms with van der Waals surface area (Å²) in [6.45, 7) is 0.291. The molecule has 2 rings (SSSR count). The minimum atomic E-state index is -1.18. The van der Waals surface area contributed by atoms with Crippen LogP contribution in [0.3, 0.4) is 0 Å². The number of ether oxygens (including phenoxy) is 1. The first-order valence-electron chi connectivity index (χ1n) is 7.41. The molecule has 2 N–H and O–H groups in total. The molecule has 126 valence electrons. The summed E-state index contributed by atoms with van der Waals surface area (Å²) in [5.41, 5.74) is 0. The van der Waals surface area contributed by atoms with Crippen LogP contribution in [0.25, 0.3) is 0 Å². The molecule has 8 nitrogen and oxygen atoms in total. The summed E-state index contributed by atoms with van der Waals surface area (Å²) in [5.74, 6) is -1.88. The minimum absolute atomic E-state index is 0.139. The number of aliphatic carboxylic acids is 1. The molecule has 1 aromatic heterocycles. The number of carboxylic acid groups (broad SMARTS) is 1. The molecule has 0 bridgehead atoms. The second-order valence-electron chi connectivity index (χ2n) is 5.34. The van der Waals surface area contributed by atoms with Gasteiger partial charge in [-0.05, 0) is 31.4 Å². The zero-order valence-electron chi connectivity index (χ0n) is 12.9. The zero-order valence-corrected chi connectivity index (χ0v) is 12.9. The first-order chi connectivity index (χ1) is 11.0. The van der Waals surface area contributed by atoms with Gasteiger partial charge < -0.3 is 24.5 Å². The molecule has 0 aliphatic carbocycles. The van der Waals surface area contributed by atoms with E-state index in [-0.39, 0.29) is 18.3 Å². The van der Waals surface area contributed by atoms with Crippen LogP contribution in [0.4, 0.5) is 0 Å². The average molecular weight is 324 g/mol. The Morgan fingerprint density at radius 3 is 2.87 bits per heavy atom. The Hall–Kier alpha value is -2.35. The highest BCUT2D eigenvalue weighted by Gasteiger charge is 2.35. The van der Waals surface area contributed by atoms with E-state index in [4.69, 9.17) is 14.3 Å². The van der Waals surface area contributed by atoms with Gasteiger partial charge in [-0.15, -0.1) is 0 Å². The van der Waals surface area contributed by atoms with Crippen molar-refractivity contribution in [1.82, 2.24) is 10.2 Å². The van der Waals surface area contributed by atoms with E-state index in [1.807, 2.05) is 0 Å². The van der Waals surface area contributed by atoms with Crippen LogP contribution in [0.2, 0.25) is 0 Å². The molecule has 2 heterocycles. The lowest BCUT2D eigenvalue weighted by Crippen LogP contribution is -2.55. The van der Waals surface area contributed by atoms with Gasteiger partial charge in [0.2, 0.25) is 5.91 Å². The fraction of sp³-hybridized carbons (Fsp3) is 0.533. The summed E-state index contributed by atoms with van der Waals surface area (Å²) >= 11 is 0. The molecule has 0 aromatic carbocycles. The van der Waals surface area contributed by atoms with Gasteiger partial charge in [0.1, 0.15) is 6.04 Å². The number of methoxy groups -OCH3 is 1. The first kappa shape index (κ1) is 17.0. The highest BCUT2D eigenvalue weighted by molar-refractivity contribution is 5.96. The van der Waals surface area contributed by atoms with Crippen LogP contribution in [0, 0.1) is 0 Å². The Morgan fingerprint density at radius 1 is 1.48 bits per heavy atom. The topological polar surface area (TPSA) is 109 Å². The number of rotatable bonds is 6. The van der Waals surface area contributed by atoms with Crippen LogP contribution in [-0.4, -0.2) is 60.1 Å². The number of piperidine rings is 1. The molecule has 0 radical (unpaired) electrons. The maximum absolute atomic E-state index is 12.4. The van der Waals surface area contributed by atoms with Crippen molar-refractivity contribution >= 4 is 17.8 Å². The molecular formula is C15H20N2O6. The third kappa shape index (κ3) is 4.10. The largest absolute Gasteiger partial charge is 0.480 e. The predicted molar refractivity (Wildman–Crippen MR) is 78.8 cm³/mol. The monoisotopic (exact) mass is 324 g/mol. The van der Waals surface area contributed by atoms with E-state index in [9.17, 15) is 14.4 Å². The number of hydrogen-bond donors (Lipinski definition) is 2. The van der Waals surface area contributed by atoms with Gasteiger partial charge in [0.15, 0.2) is 11.8 Å². The Balaban J connectivity index is 2.09. The third-order valence-electron chi connectivity index (χ3n) is 3.75. The lowest BCUT2D eigenvalue weighted by molar-refractivity contribution is -0.144. The fourth-order valence-corrected chi connectivity index (χ4v) is 2.60. The van der Waals surface area contributed by atoms with E-state index < -0.39 is 24.0 Å². The zero-order chi connectivity index (χ0) is 16.8. The summed E-state index contributed by atoms with van der Waals surface area (Å²) in [6.07, 6.45) is 3.46. The van der Waals surface area contributed by atoms with Crippen molar-refractivity contribution in [2.45, 2.75) is 31.3 Å². The number of nitrogens with one attached hydrogen (secondary N) is 1. The van der Waals surface area contributed by atoms with Gasteiger partial charge in [-0.1, -0.05) is 0 Å². The van der Waals surface area contributed by atoms with Gasteiger partial charge in [-0.3, -0.25) is 9.59 Å². The molecule has 1 fully saturated rings. The SMILES string of the molecule is COCC(NC(=O)C1CCCCN1C(=O)c1ccco1)C(=O)O. The van der Waals surface area contributed by atoms with Crippen molar-refractivity contribution in [2.24, 2.45) is 0 Å². The quantitative estimate of drug-likeness (QED) is 0.788. The molecule has 1 aliphatic heterocycles. The highest BCUT2D eigenvalue weighted by atomic mass is 16.5. The van der Waals surface area contributed by atoms with E-state index in [2.05, 4.69) is 5.32 Å². The normalized spacial score (nSPS) is 19.2. The lowest BCUT2D eigenvalue weighted by atomic mass is 10.0. The summed E-state index contributed by atoms with van der Waals surface area (Å²) < 4.78 is 9.89. The molecule has 2 amide bonds. The standard InChI is InChI=1S/C15H20N2O6/c1-22-9-10(15(20)21)16-13(18)11-5-2-3-7-17(11)14(19)12-6-4-8-23-12/h4,6,8,10-11H,2-3,5,7,9H2,1H3,(H,16,18)(H,20,21). The van der Waals surface area contributed by atoms with Crippen LogP contribution < -0.4 is 5.32 Å². The van der Waals surface area contributed by atoms with E-state index in [0.29, 0.717) is 13.0 Å². The van der Waals surface area contributed by atoms with E-state index >= 15 is 0 Å². The van der Waals surface area contributed by atoms with Crippen molar-refractivity contribution in [3.63, 3.8) is 0 Å². The van der Waals surface area contributed by atoms with Gasteiger partial charge >= 0.3 is 5.97 Å². The first-order valence-corrected chi connectivity index (χ1v) is 7.41. The fourth-order valence-electron chi connectivity index (χ4n) is 2.60. The molecule has 1 aliphatic rings. The number of carbonyl (C=O) groups excluding carboxylic acids is 2. The summed E-state index contributed by atoms with van der Waals surface area (Å²) in [6, 6.07) is 1.29.